The van der Waals surface area contributed by atoms with E-state index in [2.05, 4.69) is 20.5 Å². The number of nitrogens with one attached hydrogen (secondary N) is 2. The molecule has 0 saturated heterocycles. The lowest BCUT2D eigenvalue weighted by atomic mass is 10.1. The van der Waals surface area contributed by atoms with Gasteiger partial charge in [0.2, 0.25) is 5.95 Å². The van der Waals surface area contributed by atoms with Crippen LogP contribution in [0.4, 0.5) is 5.95 Å². The van der Waals surface area contributed by atoms with E-state index in [4.69, 9.17) is 4.74 Å². The topological polar surface area (TPSA) is 62.3 Å². The Kier molecular flexibility index (Phi) is 4.05. The van der Waals surface area contributed by atoms with Crippen LogP contribution in [0.15, 0.2) is 53.6 Å². The molecule has 5 heteroatoms. The standard InChI is InChI=1S/C17H18N4O/c1-12(11-13-7-9-14(22-2)10-8-13)20-21-17-18-15-5-3-4-6-16(15)19-17/h3-10H,11H2,1-2H3,(H2,18,19,21)/b20-12-. The first-order chi connectivity index (χ1) is 10.7. The Hall–Kier alpha value is -2.82. The fraction of sp³-hybridized carbons (Fsp3) is 0.176. The number of ether oxygens (including phenoxy) is 1. The average molecular weight is 294 g/mol. The van der Waals surface area contributed by atoms with Gasteiger partial charge >= 0.3 is 0 Å². The minimum Gasteiger partial charge on any atom is -0.497 e. The lowest BCUT2D eigenvalue weighted by Crippen LogP contribution is -2.02. The third-order valence-corrected chi connectivity index (χ3v) is 3.36. The van der Waals surface area contributed by atoms with Gasteiger partial charge in [-0.15, -0.1) is 0 Å². The third kappa shape index (κ3) is 3.25. The number of H-pyrrole nitrogens is 1. The predicted molar refractivity (Wildman–Crippen MR) is 89.5 cm³/mol. The zero-order valence-electron chi connectivity index (χ0n) is 12.6. The van der Waals surface area contributed by atoms with E-state index in [0.717, 1.165) is 28.9 Å². The van der Waals surface area contributed by atoms with E-state index in [1.165, 1.54) is 5.56 Å². The van der Waals surface area contributed by atoms with Gasteiger partial charge in [-0.3, -0.25) is 0 Å². The maximum Gasteiger partial charge on any atom is 0.222 e. The van der Waals surface area contributed by atoms with Crippen molar-refractivity contribution in [3.05, 3.63) is 54.1 Å². The number of para-hydroxylation sites is 2. The highest BCUT2D eigenvalue weighted by Gasteiger charge is 2.01. The molecule has 1 heterocycles. The Morgan fingerprint density at radius 2 is 1.95 bits per heavy atom. The molecule has 0 atom stereocenters. The summed E-state index contributed by atoms with van der Waals surface area (Å²) in [7, 11) is 1.67. The van der Waals surface area contributed by atoms with Crippen molar-refractivity contribution in [1.82, 2.24) is 9.97 Å². The zero-order chi connectivity index (χ0) is 15.4. The van der Waals surface area contributed by atoms with Gasteiger partial charge in [0.25, 0.3) is 0 Å². The van der Waals surface area contributed by atoms with Crippen molar-refractivity contribution >= 4 is 22.7 Å². The summed E-state index contributed by atoms with van der Waals surface area (Å²) in [5.41, 5.74) is 7.06. The molecular formula is C17H18N4O. The number of methoxy groups -OCH3 is 1. The van der Waals surface area contributed by atoms with Gasteiger partial charge in [-0.25, -0.2) is 10.4 Å². The van der Waals surface area contributed by atoms with Crippen molar-refractivity contribution in [2.75, 3.05) is 12.5 Å². The highest BCUT2D eigenvalue weighted by Crippen LogP contribution is 2.14. The molecule has 0 fully saturated rings. The second-order valence-electron chi connectivity index (χ2n) is 5.09. The summed E-state index contributed by atoms with van der Waals surface area (Å²) in [6.07, 6.45) is 0.775. The number of imidazole rings is 1. The molecule has 5 nitrogen and oxygen atoms in total. The minimum atomic E-state index is 0.648. The first kappa shape index (κ1) is 14.1. The summed E-state index contributed by atoms with van der Waals surface area (Å²) in [5.74, 6) is 1.51. The molecule has 0 bridgehead atoms. The van der Waals surface area contributed by atoms with E-state index >= 15 is 0 Å². The zero-order valence-corrected chi connectivity index (χ0v) is 12.6. The van der Waals surface area contributed by atoms with Gasteiger partial charge in [0.15, 0.2) is 0 Å². The molecule has 0 aliphatic rings. The van der Waals surface area contributed by atoms with E-state index in [1.54, 1.807) is 7.11 Å². The molecule has 0 aliphatic heterocycles. The molecule has 0 radical (unpaired) electrons. The molecule has 2 aromatic carbocycles. The number of rotatable bonds is 5. The molecule has 2 N–H and O–H groups in total. The molecule has 3 aromatic rings. The second kappa shape index (κ2) is 6.30. The van der Waals surface area contributed by atoms with Gasteiger partial charge in [-0.1, -0.05) is 24.3 Å². The highest BCUT2D eigenvalue weighted by atomic mass is 16.5. The summed E-state index contributed by atoms with van der Waals surface area (Å²) in [6.45, 7) is 1.99. The van der Waals surface area contributed by atoms with Crippen LogP contribution in [0.2, 0.25) is 0 Å². The summed E-state index contributed by atoms with van der Waals surface area (Å²) in [5, 5.41) is 4.37. The monoisotopic (exact) mass is 294 g/mol. The van der Waals surface area contributed by atoms with Gasteiger partial charge < -0.3 is 9.72 Å². The van der Waals surface area contributed by atoms with Crippen molar-refractivity contribution in [2.24, 2.45) is 5.10 Å². The van der Waals surface area contributed by atoms with E-state index in [0.29, 0.717) is 5.95 Å². The number of aromatic nitrogens is 2. The Balaban J connectivity index is 1.66. The lowest BCUT2D eigenvalue weighted by molar-refractivity contribution is 0.414. The number of benzene rings is 2. The second-order valence-corrected chi connectivity index (χ2v) is 5.09. The van der Waals surface area contributed by atoms with Gasteiger partial charge in [-0.2, -0.15) is 5.10 Å². The molecule has 0 aliphatic carbocycles. The van der Waals surface area contributed by atoms with Crippen LogP contribution >= 0.6 is 0 Å². The van der Waals surface area contributed by atoms with Crippen LogP contribution in [0.1, 0.15) is 12.5 Å². The van der Waals surface area contributed by atoms with Crippen molar-refractivity contribution < 1.29 is 4.74 Å². The highest BCUT2D eigenvalue weighted by molar-refractivity contribution is 5.85. The largest absolute Gasteiger partial charge is 0.497 e. The number of nitrogens with zero attached hydrogens (tertiary/aromatic N) is 2. The number of hydrazone groups is 1. The quantitative estimate of drug-likeness (QED) is 0.558. The first-order valence-corrected chi connectivity index (χ1v) is 7.11. The van der Waals surface area contributed by atoms with Crippen LogP contribution in [0, 0.1) is 0 Å². The van der Waals surface area contributed by atoms with Gasteiger partial charge in [0.05, 0.1) is 18.1 Å². The third-order valence-electron chi connectivity index (χ3n) is 3.36. The Morgan fingerprint density at radius 1 is 1.18 bits per heavy atom. The minimum absolute atomic E-state index is 0.648. The van der Waals surface area contributed by atoms with Crippen molar-refractivity contribution in [3.63, 3.8) is 0 Å². The molecular weight excluding hydrogens is 276 g/mol. The van der Waals surface area contributed by atoms with Crippen molar-refractivity contribution in [3.8, 4) is 5.75 Å². The van der Waals surface area contributed by atoms with E-state index in [9.17, 15) is 0 Å². The normalized spacial score (nSPS) is 11.6. The number of anilines is 1. The number of aromatic amines is 1. The molecule has 22 heavy (non-hydrogen) atoms. The summed E-state index contributed by atoms with van der Waals surface area (Å²) >= 11 is 0. The molecule has 3 rings (SSSR count). The maximum absolute atomic E-state index is 5.15. The van der Waals surface area contributed by atoms with Crippen LogP contribution in [0.5, 0.6) is 5.75 Å². The van der Waals surface area contributed by atoms with Gasteiger partial charge in [-0.05, 0) is 36.8 Å². The number of hydrogen-bond acceptors (Lipinski definition) is 4. The average Bonchev–Trinajstić information content (AvgIpc) is 2.96. The van der Waals surface area contributed by atoms with Gasteiger partial charge in [0.1, 0.15) is 5.75 Å². The van der Waals surface area contributed by atoms with Crippen molar-refractivity contribution in [1.29, 1.82) is 0 Å². The Labute approximate surface area is 129 Å². The first-order valence-electron chi connectivity index (χ1n) is 7.11. The Bertz CT molecular complexity index is 757. The molecule has 0 amide bonds. The molecule has 1 aromatic heterocycles. The molecule has 0 unspecified atom stereocenters. The SMILES string of the molecule is COc1ccc(C/C(C)=N\Nc2nc3ccccc3[nH]2)cc1. The predicted octanol–water partition coefficient (Wildman–Crippen LogP) is 3.60. The van der Waals surface area contributed by atoms with Crippen LogP contribution in [-0.2, 0) is 6.42 Å². The molecule has 0 spiro atoms. The van der Waals surface area contributed by atoms with E-state index in [-0.39, 0.29) is 0 Å². The van der Waals surface area contributed by atoms with E-state index < -0.39 is 0 Å². The van der Waals surface area contributed by atoms with Crippen LogP contribution < -0.4 is 10.2 Å². The number of hydrogen-bond donors (Lipinski definition) is 2. The van der Waals surface area contributed by atoms with E-state index in [1.807, 2.05) is 55.5 Å². The lowest BCUT2D eigenvalue weighted by Gasteiger charge is -2.03. The fourth-order valence-corrected chi connectivity index (χ4v) is 2.23. The van der Waals surface area contributed by atoms with Crippen molar-refractivity contribution in [2.45, 2.75) is 13.3 Å². The maximum atomic E-state index is 5.15. The van der Waals surface area contributed by atoms with Crippen LogP contribution in [0.3, 0.4) is 0 Å². The summed E-state index contributed by atoms with van der Waals surface area (Å²) < 4.78 is 5.15. The van der Waals surface area contributed by atoms with Crippen LogP contribution in [0.25, 0.3) is 11.0 Å². The summed E-state index contributed by atoms with van der Waals surface area (Å²) in [6, 6.07) is 15.9. The van der Waals surface area contributed by atoms with Gasteiger partial charge in [0, 0.05) is 12.1 Å². The Morgan fingerprint density at radius 3 is 2.68 bits per heavy atom. The fourth-order valence-electron chi connectivity index (χ4n) is 2.23. The molecule has 112 valence electrons. The van der Waals surface area contributed by atoms with Crippen LogP contribution in [-0.4, -0.2) is 22.8 Å². The number of fused-ring (bicyclic) bond motifs is 1. The smallest absolute Gasteiger partial charge is 0.222 e. The molecule has 0 saturated carbocycles. The summed E-state index contributed by atoms with van der Waals surface area (Å²) in [4.78, 5) is 7.61.